The van der Waals surface area contributed by atoms with Crippen LogP contribution < -0.4 is 11.1 Å². The first kappa shape index (κ1) is 15.5. The normalized spacial score (nSPS) is 10.4. The van der Waals surface area contributed by atoms with Gasteiger partial charge in [0.1, 0.15) is 9.21 Å². The van der Waals surface area contributed by atoms with Crippen molar-refractivity contribution in [2.45, 2.75) is 32.1 Å². The molecule has 0 aliphatic rings. The van der Waals surface area contributed by atoms with Crippen molar-refractivity contribution in [1.82, 2.24) is 9.97 Å². The zero-order valence-corrected chi connectivity index (χ0v) is 13.1. The van der Waals surface area contributed by atoms with Gasteiger partial charge in [0.05, 0.1) is 6.20 Å². The largest absolute Gasteiger partial charge is 0.330 e. The molecule has 3 N–H and O–H groups in total. The van der Waals surface area contributed by atoms with Crippen LogP contribution in [0.1, 0.15) is 32.1 Å². The van der Waals surface area contributed by atoms with Crippen molar-refractivity contribution >= 4 is 43.6 Å². The third-order valence-corrected chi connectivity index (χ3v) is 3.25. The molecule has 0 bridgehead atoms. The molecule has 100 valence electrons. The van der Waals surface area contributed by atoms with E-state index in [9.17, 15) is 4.79 Å². The van der Waals surface area contributed by atoms with Crippen LogP contribution in [0, 0.1) is 0 Å². The van der Waals surface area contributed by atoms with E-state index >= 15 is 0 Å². The van der Waals surface area contributed by atoms with Gasteiger partial charge in [0.25, 0.3) is 0 Å². The standard InChI is InChI=1S/C11H16Br2N4O/c12-8-7-15-11(10(13)16-8)17-9(18)5-3-1-2-4-6-14/h7H,1-6,14H2,(H,15,17,18). The lowest BCUT2D eigenvalue weighted by molar-refractivity contribution is -0.116. The van der Waals surface area contributed by atoms with Crippen LogP contribution in [0.5, 0.6) is 0 Å². The Hall–Kier alpha value is -0.530. The number of aromatic nitrogens is 2. The molecular formula is C11H16Br2N4O. The van der Waals surface area contributed by atoms with Crippen molar-refractivity contribution in [3.05, 3.63) is 15.4 Å². The first-order chi connectivity index (χ1) is 8.63. The summed E-state index contributed by atoms with van der Waals surface area (Å²) < 4.78 is 1.14. The molecule has 18 heavy (non-hydrogen) atoms. The van der Waals surface area contributed by atoms with Gasteiger partial charge in [-0.05, 0) is 51.2 Å². The second-order valence-electron chi connectivity index (χ2n) is 3.83. The lowest BCUT2D eigenvalue weighted by Gasteiger charge is -2.05. The molecule has 1 aromatic heterocycles. The third-order valence-electron chi connectivity index (χ3n) is 2.32. The van der Waals surface area contributed by atoms with Crippen molar-refractivity contribution in [3.8, 4) is 0 Å². The summed E-state index contributed by atoms with van der Waals surface area (Å²) in [6.07, 6.45) is 6.03. The highest BCUT2D eigenvalue weighted by atomic mass is 79.9. The smallest absolute Gasteiger partial charge is 0.225 e. The van der Waals surface area contributed by atoms with Gasteiger partial charge in [-0.1, -0.05) is 12.8 Å². The molecule has 0 unspecified atom stereocenters. The van der Waals surface area contributed by atoms with Crippen LogP contribution in [0.4, 0.5) is 5.82 Å². The minimum atomic E-state index is -0.0416. The quantitative estimate of drug-likeness (QED) is 0.713. The van der Waals surface area contributed by atoms with E-state index in [2.05, 4.69) is 47.1 Å². The summed E-state index contributed by atoms with van der Waals surface area (Å²) in [6.45, 7) is 0.716. The van der Waals surface area contributed by atoms with Crippen LogP contribution in [0.25, 0.3) is 0 Å². The van der Waals surface area contributed by atoms with Gasteiger partial charge < -0.3 is 11.1 Å². The molecule has 0 aromatic carbocycles. The summed E-state index contributed by atoms with van der Waals surface area (Å²) in [7, 11) is 0. The van der Waals surface area contributed by atoms with E-state index in [1.807, 2.05) is 0 Å². The SMILES string of the molecule is NCCCCCCC(=O)Nc1ncc(Br)nc1Br. The zero-order chi connectivity index (χ0) is 13.4. The van der Waals surface area contributed by atoms with Gasteiger partial charge in [-0.25, -0.2) is 9.97 Å². The molecule has 0 aliphatic heterocycles. The molecule has 0 fully saturated rings. The molecule has 1 heterocycles. The number of unbranched alkanes of at least 4 members (excludes halogenated alkanes) is 3. The summed E-state index contributed by atoms with van der Waals surface area (Å²) in [4.78, 5) is 19.8. The molecule has 0 aliphatic carbocycles. The highest BCUT2D eigenvalue weighted by molar-refractivity contribution is 9.11. The van der Waals surface area contributed by atoms with Gasteiger partial charge >= 0.3 is 0 Å². The van der Waals surface area contributed by atoms with Gasteiger partial charge in [0.2, 0.25) is 5.91 Å². The number of nitrogens with one attached hydrogen (secondary N) is 1. The Morgan fingerprint density at radius 3 is 2.67 bits per heavy atom. The molecule has 5 nitrogen and oxygen atoms in total. The molecule has 0 saturated carbocycles. The van der Waals surface area contributed by atoms with Crippen LogP contribution in [0.15, 0.2) is 15.4 Å². The zero-order valence-electron chi connectivity index (χ0n) is 9.96. The minimum absolute atomic E-state index is 0.0416. The predicted octanol–water partition coefficient (Wildman–Crippen LogP) is 2.85. The molecular weight excluding hydrogens is 364 g/mol. The molecule has 1 rings (SSSR count). The van der Waals surface area contributed by atoms with E-state index in [0.717, 1.165) is 25.7 Å². The maximum Gasteiger partial charge on any atom is 0.225 e. The minimum Gasteiger partial charge on any atom is -0.330 e. The molecule has 0 saturated heterocycles. The van der Waals surface area contributed by atoms with E-state index in [4.69, 9.17) is 5.73 Å². The lowest BCUT2D eigenvalue weighted by Crippen LogP contribution is -2.13. The van der Waals surface area contributed by atoms with E-state index in [0.29, 0.717) is 28.0 Å². The van der Waals surface area contributed by atoms with Crippen molar-refractivity contribution in [1.29, 1.82) is 0 Å². The monoisotopic (exact) mass is 378 g/mol. The summed E-state index contributed by atoms with van der Waals surface area (Å²) in [5, 5.41) is 2.72. The van der Waals surface area contributed by atoms with Crippen LogP contribution in [0.2, 0.25) is 0 Å². The summed E-state index contributed by atoms with van der Waals surface area (Å²) in [5.74, 6) is 0.408. The van der Waals surface area contributed by atoms with Crippen molar-refractivity contribution in [3.63, 3.8) is 0 Å². The first-order valence-electron chi connectivity index (χ1n) is 5.81. The number of carbonyl (C=O) groups excluding carboxylic acids is 1. The fourth-order valence-electron chi connectivity index (χ4n) is 1.41. The van der Waals surface area contributed by atoms with Crippen LogP contribution >= 0.6 is 31.9 Å². The number of amides is 1. The molecule has 0 atom stereocenters. The Kier molecular flexibility index (Phi) is 7.38. The van der Waals surface area contributed by atoms with Crippen LogP contribution in [0.3, 0.4) is 0 Å². The highest BCUT2D eigenvalue weighted by Crippen LogP contribution is 2.19. The average Bonchev–Trinajstić information content (AvgIpc) is 2.32. The number of hydrogen-bond acceptors (Lipinski definition) is 4. The fraction of sp³-hybridized carbons (Fsp3) is 0.545. The Morgan fingerprint density at radius 2 is 2.00 bits per heavy atom. The Bertz CT molecular complexity index is 401. The topological polar surface area (TPSA) is 80.9 Å². The first-order valence-corrected chi connectivity index (χ1v) is 7.40. The number of nitrogens with zero attached hydrogens (tertiary/aromatic N) is 2. The lowest BCUT2D eigenvalue weighted by atomic mass is 10.1. The van der Waals surface area contributed by atoms with E-state index in [1.165, 1.54) is 0 Å². The average molecular weight is 380 g/mol. The number of hydrogen-bond donors (Lipinski definition) is 2. The summed E-state index contributed by atoms with van der Waals surface area (Å²) >= 11 is 6.45. The molecule has 0 radical (unpaired) electrons. The van der Waals surface area contributed by atoms with Gasteiger partial charge in [0.15, 0.2) is 5.82 Å². The number of nitrogens with two attached hydrogens (primary N) is 1. The third kappa shape index (κ3) is 5.88. The Labute approximate surface area is 123 Å². The van der Waals surface area contributed by atoms with Gasteiger partial charge in [-0.15, -0.1) is 0 Å². The number of halogens is 2. The van der Waals surface area contributed by atoms with E-state index in [1.54, 1.807) is 6.20 Å². The van der Waals surface area contributed by atoms with Crippen LogP contribution in [-0.4, -0.2) is 22.4 Å². The molecule has 0 spiro atoms. The molecule has 1 amide bonds. The Balaban J connectivity index is 2.31. The molecule has 1 aromatic rings. The van der Waals surface area contributed by atoms with Crippen molar-refractivity contribution in [2.24, 2.45) is 5.73 Å². The Morgan fingerprint density at radius 1 is 1.28 bits per heavy atom. The molecule has 7 heteroatoms. The maximum atomic E-state index is 11.6. The maximum absolute atomic E-state index is 11.6. The van der Waals surface area contributed by atoms with Gasteiger partial charge in [-0.2, -0.15) is 0 Å². The highest BCUT2D eigenvalue weighted by Gasteiger charge is 2.08. The van der Waals surface area contributed by atoms with E-state index < -0.39 is 0 Å². The number of anilines is 1. The second kappa shape index (κ2) is 8.55. The van der Waals surface area contributed by atoms with Crippen molar-refractivity contribution in [2.75, 3.05) is 11.9 Å². The second-order valence-corrected chi connectivity index (χ2v) is 5.40. The summed E-state index contributed by atoms with van der Waals surface area (Å²) in [6, 6.07) is 0. The van der Waals surface area contributed by atoms with Gasteiger partial charge in [0, 0.05) is 6.42 Å². The number of rotatable bonds is 7. The van der Waals surface area contributed by atoms with Crippen LogP contribution in [-0.2, 0) is 4.79 Å². The fourth-order valence-corrected chi connectivity index (χ4v) is 2.32. The summed E-state index contributed by atoms with van der Waals surface area (Å²) in [5.41, 5.74) is 5.40. The number of carbonyl (C=O) groups is 1. The predicted molar refractivity (Wildman–Crippen MR) is 78.2 cm³/mol. The van der Waals surface area contributed by atoms with Gasteiger partial charge in [-0.3, -0.25) is 4.79 Å². The van der Waals surface area contributed by atoms with Crippen molar-refractivity contribution < 1.29 is 4.79 Å². The van der Waals surface area contributed by atoms with E-state index in [-0.39, 0.29) is 5.91 Å².